The SMILES string of the molecule is CC1=CC(C)[C-]=C1.CC1=[C-]CC(C)=C1.CC1=[C-]CC(C)=C1.C[Si](C)=[Hf+2].[Cl-].[Cl-]. The first-order chi connectivity index (χ1) is 11.6. The van der Waals surface area contributed by atoms with Gasteiger partial charge >= 0.3 is 41.6 Å². The van der Waals surface area contributed by atoms with Crippen LogP contribution >= 0.6 is 0 Å². The summed E-state index contributed by atoms with van der Waals surface area (Å²) in [5.41, 5.74) is 7.03. The van der Waals surface area contributed by atoms with E-state index in [4.69, 9.17) is 0 Å². The monoisotopic (exact) mass is 587 g/mol. The Bertz CT molecular complexity index is 597. The van der Waals surface area contributed by atoms with Gasteiger partial charge in [-0.25, -0.2) is 34.9 Å². The summed E-state index contributed by atoms with van der Waals surface area (Å²) >= 11 is 1.45. The van der Waals surface area contributed by atoms with Gasteiger partial charge in [0.25, 0.3) is 0 Å². The molecule has 0 saturated carbocycles. The number of hydrogen-bond acceptors (Lipinski definition) is 0. The Morgan fingerprint density at radius 3 is 1.33 bits per heavy atom. The van der Waals surface area contributed by atoms with Crippen LogP contribution in [0.25, 0.3) is 0 Å². The molecule has 0 saturated heterocycles. The standard InChI is InChI=1S/3C7H9.C2H6Si.2ClH.Hf/c3*1-6-3-4-7(2)5-6;1-3-2;;;/h2*5H,3H2,1-2H3;3,5,7H,1-2H3;1-2H3;2*1H;/q3*-1;;;;+2/p-2. The van der Waals surface area contributed by atoms with Crippen molar-refractivity contribution < 1.29 is 47.8 Å². The quantitative estimate of drug-likeness (QED) is 0.293. The molecular formula is C23H33Cl2HfSi-3. The molecule has 27 heavy (non-hydrogen) atoms. The van der Waals surface area contributed by atoms with Gasteiger partial charge in [0.1, 0.15) is 0 Å². The van der Waals surface area contributed by atoms with E-state index in [0.717, 1.165) is 12.8 Å². The van der Waals surface area contributed by atoms with E-state index in [2.05, 4.69) is 91.1 Å². The van der Waals surface area contributed by atoms with Crippen molar-refractivity contribution in [3.05, 3.63) is 70.4 Å². The topological polar surface area (TPSA) is 0 Å². The summed E-state index contributed by atoms with van der Waals surface area (Å²) in [6, 6.07) is 0. The third-order valence-electron chi connectivity index (χ3n) is 3.30. The number of allylic oxidation sites excluding steroid dienone is 12. The van der Waals surface area contributed by atoms with Crippen molar-refractivity contribution >= 4 is 5.49 Å². The van der Waals surface area contributed by atoms with E-state index in [1.54, 1.807) is 0 Å². The van der Waals surface area contributed by atoms with Gasteiger partial charge in [-0.15, -0.1) is 19.8 Å². The van der Waals surface area contributed by atoms with E-state index in [0.29, 0.717) is 5.92 Å². The van der Waals surface area contributed by atoms with Gasteiger partial charge in [0, 0.05) is 0 Å². The average molecular weight is 587 g/mol. The minimum Gasteiger partial charge on any atom is -1.00 e. The van der Waals surface area contributed by atoms with E-state index in [9.17, 15) is 0 Å². The molecule has 4 heteroatoms. The largest absolute Gasteiger partial charge is 1.00 e. The molecule has 1 atom stereocenters. The molecule has 3 aliphatic rings. The van der Waals surface area contributed by atoms with Crippen LogP contribution in [0.2, 0.25) is 13.1 Å². The molecule has 0 N–H and O–H groups in total. The Hall–Kier alpha value is 0.107. The van der Waals surface area contributed by atoms with E-state index >= 15 is 0 Å². The molecule has 3 aliphatic carbocycles. The predicted octanol–water partition coefficient (Wildman–Crippen LogP) is 0.906. The molecule has 0 aromatic heterocycles. The van der Waals surface area contributed by atoms with Crippen molar-refractivity contribution in [2.45, 2.75) is 67.5 Å². The van der Waals surface area contributed by atoms with E-state index in [1.165, 1.54) is 50.9 Å². The fourth-order valence-electron chi connectivity index (χ4n) is 2.25. The Kier molecular flexibility index (Phi) is 21.4. The first-order valence-corrected chi connectivity index (χ1v) is 16.8. The van der Waals surface area contributed by atoms with E-state index < -0.39 is 0 Å². The van der Waals surface area contributed by atoms with Crippen molar-refractivity contribution in [1.29, 1.82) is 0 Å². The second kappa shape index (κ2) is 18.2. The fraction of sp³-hybridized carbons (Fsp3) is 0.478. The second-order valence-corrected chi connectivity index (χ2v) is 19.8. The second-order valence-electron chi connectivity index (χ2n) is 7.06. The summed E-state index contributed by atoms with van der Waals surface area (Å²) in [4.78, 5) is 0. The molecule has 0 heterocycles. The summed E-state index contributed by atoms with van der Waals surface area (Å²) in [6.07, 6.45) is 20.2. The van der Waals surface area contributed by atoms with E-state index in [-0.39, 0.29) is 30.3 Å². The summed E-state index contributed by atoms with van der Waals surface area (Å²) < 4.78 is 0. The van der Waals surface area contributed by atoms with Gasteiger partial charge in [0.05, 0.1) is 0 Å². The minimum atomic E-state index is 0. The molecule has 0 spiro atoms. The molecule has 0 radical (unpaired) electrons. The van der Waals surface area contributed by atoms with Crippen molar-refractivity contribution in [3.8, 4) is 0 Å². The first-order valence-electron chi connectivity index (χ1n) is 8.88. The third-order valence-corrected chi connectivity index (χ3v) is 3.30. The normalized spacial score (nSPS) is 18.3. The zero-order valence-electron chi connectivity index (χ0n) is 18.1. The Balaban J connectivity index is -0.000000283. The minimum absolute atomic E-state index is 0. The van der Waals surface area contributed by atoms with Crippen LogP contribution in [0.5, 0.6) is 0 Å². The number of halogens is 2. The van der Waals surface area contributed by atoms with Crippen molar-refractivity contribution in [3.63, 3.8) is 0 Å². The smallest absolute Gasteiger partial charge is 1.00 e. The maximum absolute atomic E-state index is 3.19. The van der Waals surface area contributed by atoms with Crippen LogP contribution < -0.4 is 24.8 Å². The molecule has 1 unspecified atom stereocenters. The summed E-state index contributed by atoms with van der Waals surface area (Å²) in [5, 5.41) is 0. The van der Waals surface area contributed by atoms with Gasteiger partial charge in [0.2, 0.25) is 0 Å². The molecule has 0 aliphatic heterocycles. The Labute approximate surface area is 196 Å². The van der Waals surface area contributed by atoms with Crippen LogP contribution in [0.1, 0.15) is 54.4 Å². The maximum Gasteiger partial charge on any atom is -1.00 e. The number of hydrogen-bond donors (Lipinski definition) is 0. The van der Waals surface area contributed by atoms with Crippen LogP contribution in [-0.2, 0) is 23.0 Å². The van der Waals surface area contributed by atoms with Crippen LogP contribution in [0, 0.1) is 24.1 Å². The predicted molar refractivity (Wildman–Crippen MR) is 110 cm³/mol. The summed E-state index contributed by atoms with van der Waals surface area (Å²) in [5.74, 6) is 0.556. The van der Waals surface area contributed by atoms with Crippen molar-refractivity contribution in [1.82, 2.24) is 0 Å². The molecule has 3 rings (SSSR count). The zero-order valence-corrected chi connectivity index (χ0v) is 24.2. The molecule has 0 aromatic carbocycles. The molecule has 0 amide bonds. The molecule has 0 aromatic rings. The van der Waals surface area contributed by atoms with Gasteiger partial charge in [0.15, 0.2) is 0 Å². The van der Waals surface area contributed by atoms with Crippen LogP contribution in [-0.4, -0.2) is 5.49 Å². The molecule has 150 valence electrons. The van der Waals surface area contributed by atoms with Crippen LogP contribution in [0.15, 0.2) is 52.2 Å². The first kappa shape index (κ1) is 31.8. The molecule has 0 fully saturated rings. The van der Waals surface area contributed by atoms with Crippen molar-refractivity contribution in [2.75, 3.05) is 0 Å². The van der Waals surface area contributed by atoms with Gasteiger partial charge < -0.3 is 24.8 Å². The van der Waals surface area contributed by atoms with Gasteiger partial charge in [-0.05, 0) is 0 Å². The van der Waals surface area contributed by atoms with E-state index in [1.807, 2.05) is 6.08 Å². The van der Waals surface area contributed by atoms with Gasteiger partial charge in [-0.3, -0.25) is 18.2 Å². The number of rotatable bonds is 0. The van der Waals surface area contributed by atoms with Gasteiger partial charge in [-0.2, -0.15) is 17.2 Å². The zero-order chi connectivity index (χ0) is 19.4. The fourth-order valence-corrected chi connectivity index (χ4v) is 2.25. The summed E-state index contributed by atoms with van der Waals surface area (Å²) in [7, 11) is 0. The average Bonchev–Trinajstić information content (AvgIpc) is 3.15. The van der Waals surface area contributed by atoms with Crippen LogP contribution in [0.4, 0.5) is 0 Å². The third kappa shape index (κ3) is 20.6. The molecule has 0 nitrogen and oxygen atoms in total. The Morgan fingerprint density at radius 1 is 0.889 bits per heavy atom. The van der Waals surface area contributed by atoms with Crippen LogP contribution in [0.3, 0.4) is 0 Å². The Morgan fingerprint density at radius 2 is 1.26 bits per heavy atom. The molecule has 0 bridgehead atoms. The summed E-state index contributed by atoms with van der Waals surface area (Å²) in [6.45, 7) is 17.3. The van der Waals surface area contributed by atoms with Crippen molar-refractivity contribution in [2.24, 2.45) is 5.92 Å². The van der Waals surface area contributed by atoms with Gasteiger partial charge in [-0.1, -0.05) is 40.5 Å². The molecular weight excluding hydrogens is 554 g/mol. The maximum atomic E-state index is 3.19.